The molecule has 4 heteroatoms. The molecule has 1 atom stereocenters. The summed E-state index contributed by atoms with van der Waals surface area (Å²) in [6.07, 6.45) is 1.05. The third kappa shape index (κ3) is 1.51. The van der Waals surface area contributed by atoms with Crippen LogP contribution in [0.25, 0.3) is 0 Å². The Labute approximate surface area is 66.7 Å². The van der Waals surface area contributed by atoms with E-state index in [4.69, 9.17) is 5.84 Å². The second-order valence-electron chi connectivity index (χ2n) is 2.70. The van der Waals surface area contributed by atoms with Crippen LogP contribution in [0, 0.1) is 5.92 Å². The molecule has 0 aromatic heterocycles. The van der Waals surface area contributed by atoms with Crippen LogP contribution < -0.4 is 11.3 Å². The predicted octanol–water partition coefficient (Wildman–Crippen LogP) is 0.596. The number of rotatable bonds is 2. The number of amidine groups is 1. The second kappa shape index (κ2) is 2.92. The molecular formula is C7H14N4. The van der Waals surface area contributed by atoms with E-state index in [9.17, 15) is 0 Å². The van der Waals surface area contributed by atoms with Crippen molar-refractivity contribution < 1.29 is 0 Å². The number of aliphatic imine (C=N–C) groups is 1. The average Bonchev–Trinajstić information content (AvgIpc) is 2.31. The lowest BCUT2D eigenvalue weighted by Gasteiger charge is -2.13. The van der Waals surface area contributed by atoms with E-state index in [1.807, 2.05) is 0 Å². The van der Waals surface area contributed by atoms with Gasteiger partial charge in [-0.3, -0.25) is 5.43 Å². The molecule has 0 saturated heterocycles. The summed E-state index contributed by atoms with van der Waals surface area (Å²) in [7, 11) is 0. The zero-order valence-corrected chi connectivity index (χ0v) is 6.96. The minimum absolute atomic E-state index is 0.417. The van der Waals surface area contributed by atoms with Gasteiger partial charge in [0.1, 0.15) is 5.84 Å². The van der Waals surface area contributed by atoms with Crippen molar-refractivity contribution in [3.8, 4) is 0 Å². The lowest BCUT2D eigenvalue weighted by Crippen LogP contribution is -2.42. The Morgan fingerprint density at radius 2 is 2.45 bits per heavy atom. The van der Waals surface area contributed by atoms with Crippen LogP contribution in [0.1, 0.15) is 20.3 Å². The van der Waals surface area contributed by atoms with Gasteiger partial charge in [0.25, 0.3) is 0 Å². The molecule has 1 aliphatic heterocycles. The van der Waals surface area contributed by atoms with Crippen LogP contribution in [0.5, 0.6) is 0 Å². The molecule has 0 aliphatic carbocycles. The molecular weight excluding hydrogens is 140 g/mol. The molecule has 1 rings (SSSR count). The first-order chi connectivity index (χ1) is 5.15. The molecule has 0 saturated carbocycles. The molecule has 1 heterocycles. The average molecular weight is 154 g/mol. The summed E-state index contributed by atoms with van der Waals surface area (Å²) >= 11 is 0. The Kier molecular flexibility index (Phi) is 2.14. The minimum atomic E-state index is 0.417. The van der Waals surface area contributed by atoms with Crippen LogP contribution in [-0.4, -0.2) is 11.0 Å². The summed E-state index contributed by atoms with van der Waals surface area (Å²) in [4.78, 5) is 4.15. The zero-order chi connectivity index (χ0) is 8.43. The molecule has 0 aromatic rings. The van der Waals surface area contributed by atoms with Gasteiger partial charge < -0.3 is 0 Å². The Morgan fingerprint density at radius 3 is 2.82 bits per heavy atom. The molecule has 0 bridgehead atoms. The molecule has 1 aliphatic rings. The van der Waals surface area contributed by atoms with Crippen molar-refractivity contribution in [2.75, 3.05) is 0 Å². The van der Waals surface area contributed by atoms with Crippen LogP contribution >= 0.6 is 0 Å². The van der Waals surface area contributed by atoms with Gasteiger partial charge in [0.05, 0.1) is 0 Å². The normalized spacial score (nSPS) is 19.7. The molecule has 0 amide bonds. The van der Waals surface area contributed by atoms with E-state index >= 15 is 0 Å². The highest BCUT2D eigenvalue weighted by atomic mass is 15.7. The lowest BCUT2D eigenvalue weighted by atomic mass is 10.1. The fourth-order valence-corrected chi connectivity index (χ4v) is 0.820. The highest BCUT2D eigenvalue weighted by Crippen LogP contribution is 2.10. The molecule has 62 valence electrons. The number of nitrogens with zero attached hydrogens (tertiary/aromatic N) is 2. The van der Waals surface area contributed by atoms with Crippen LogP contribution in [0.2, 0.25) is 0 Å². The first-order valence-corrected chi connectivity index (χ1v) is 3.74. The van der Waals surface area contributed by atoms with Crippen LogP contribution in [0.3, 0.4) is 0 Å². The first kappa shape index (κ1) is 8.07. The predicted molar refractivity (Wildman–Crippen MR) is 45.2 cm³/mol. The Bertz CT molecular complexity index is 197. The topological polar surface area (TPSA) is 53.7 Å². The van der Waals surface area contributed by atoms with Gasteiger partial charge in [-0.2, -0.15) is 0 Å². The molecule has 4 nitrogen and oxygen atoms in total. The SMILES string of the molecule is C=C1N=C(C(C)CC)NN1N. The lowest BCUT2D eigenvalue weighted by molar-refractivity contribution is 0.330. The van der Waals surface area contributed by atoms with Crippen LogP contribution in [0.15, 0.2) is 17.4 Å². The Balaban J connectivity index is 2.63. The molecule has 3 N–H and O–H groups in total. The van der Waals surface area contributed by atoms with Crippen molar-refractivity contribution in [3.05, 3.63) is 12.4 Å². The van der Waals surface area contributed by atoms with Gasteiger partial charge in [0.15, 0.2) is 5.82 Å². The highest BCUT2D eigenvalue weighted by molar-refractivity contribution is 5.86. The van der Waals surface area contributed by atoms with E-state index in [1.54, 1.807) is 0 Å². The largest absolute Gasteiger partial charge is 0.269 e. The van der Waals surface area contributed by atoms with E-state index in [0.29, 0.717) is 11.7 Å². The van der Waals surface area contributed by atoms with Crippen molar-refractivity contribution in [1.29, 1.82) is 0 Å². The maximum atomic E-state index is 5.47. The number of hydrogen-bond acceptors (Lipinski definition) is 4. The quantitative estimate of drug-likeness (QED) is 0.572. The summed E-state index contributed by atoms with van der Waals surface area (Å²) in [5, 5.41) is 1.33. The van der Waals surface area contributed by atoms with Gasteiger partial charge in [0.2, 0.25) is 0 Å². The Morgan fingerprint density at radius 1 is 1.82 bits per heavy atom. The van der Waals surface area contributed by atoms with Gasteiger partial charge in [-0.1, -0.05) is 20.4 Å². The second-order valence-corrected chi connectivity index (χ2v) is 2.70. The summed E-state index contributed by atoms with van der Waals surface area (Å²) in [6, 6.07) is 0. The molecule has 0 aromatic carbocycles. The highest BCUT2D eigenvalue weighted by Gasteiger charge is 2.18. The Hall–Kier alpha value is -1.03. The van der Waals surface area contributed by atoms with Crippen molar-refractivity contribution in [3.63, 3.8) is 0 Å². The zero-order valence-electron chi connectivity index (χ0n) is 6.96. The van der Waals surface area contributed by atoms with Crippen LogP contribution in [0.4, 0.5) is 0 Å². The van der Waals surface area contributed by atoms with Crippen molar-refractivity contribution >= 4 is 5.84 Å². The standard InChI is InChI=1S/C7H14N4/c1-4-5(2)7-9-6(3)11(8)10-7/h5H,3-4,8H2,1-2H3,(H,9,10). The van der Waals surface area contributed by atoms with Crippen LogP contribution in [-0.2, 0) is 0 Å². The maximum absolute atomic E-state index is 5.47. The minimum Gasteiger partial charge on any atom is -0.269 e. The molecule has 0 spiro atoms. The van der Waals surface area contributed by atoms with E-state index in [0.717, 1.165) is 12.3 Å². The first-order valence-electron chi connectivity index (χ1n) is 3.74. The van der Waals surface area contributed by atoms with E-state index in [1.165, 1.54) is 5.12 Å². The van der Waals surface area contributed by atoms with Crippen molar-refractivity contribution in [2.45, 2.75) is 20.3 Å². The summed E-state index contributed by atoms with van der Waals surface area (Å²) in [6.45, 7) is 7.86. The van der Waals surface area contributed by atoms with E-state index < -0.39 is 0 Å². The van der Waals surface area contributed by atoms with E-state index in [2.05, 4.69) is 30.8 Å². The van der Waals surface area contributed by atoms with E-state index in [-0.39, 0.29) is 0 Å². The fraction of sp³-hybridized carbons (Fsp3) is 0.571. The van der Waals surface area contributed by atoms with Gasteiger partial charge in [-0.25, -0.2) is 16.0 Å². The third-order valence-electron chi connectivity index (χ3n) is 1.84. The molecule has 0 fully saturated rings. The monoisotopic (exact) mass is 154 g/mol. The number of nitrogens with two attached hydrogens (primary N) is 1. The molecule has 1 unspecified atom stereocenters. The number of nitrogens with one attached hydrogen (secondary N) is 1. The van der Waals surface area contributed by atoms with Gasteiger partial charge in [-0.15, -0.1) is 0 Å². The maximum Gasteiger partial charge on any atom is 0.158 e. The number of hydrazine groups is 2. The third-order valence-corrected chi connectivity index (χ3v) is 1.84. The van der Waals surface area contributed by atoms with Gasteiger partial charge >= 0.3 is 0 Å². The van der Waals surface area contributed by atoms with Gasteiger partial charge in [0, 0.05) is 5.92 Å². The van der Waals surface area contributed by atoms with Crippen molar-refractivity contribution in [1.82, 2.24) is 10.5 Å². The molecule has 11 heavy (non-hydrogen) atoms. The van der Waals surface area contributed by atoms with Gasteiger partial charge in [-0.05, 0) is 6.42 Å². The smallest absolute Gasteiger partial charge is 0.158 e. The summed E-state index contributed by atoms with van der Waals surface area (Å²) in [5.74, 6) is 7.36. The molecule has 0 radical (unpaired) electrons. The number of hydrogen-bond donors (Lipinski definition) is 2. The summed E-state index contributed by atoms with van der Waals surface area (Å²) < 4.78 is 0. The summed E-state index contributed by atoms with van der Waals surface area (Å²) in [5.41, 5.74) is 2.92. The van der Waals surface area contributed by atoms with Crippen molar-refractivity contribution in [2.24, 2.45) is 16.8 Å². The fourth-order valence-electron chi connectivity index (χ4n) is 0.820.